The minimum absolute atomic E-state index is 0.0185. The third-order valence-electron chi connectivity index (χ3n) is 1.93. The summed E-state index contributed by atoms with van der Waals surface area (Å²) in [5, 5.41) is 0.255. The second-order valence-corrected chi connectivity index (χ2v) is 3.46. The fourth-order valence-electron chi connectivity index (χ4n) is 1.12. The monoisotopic (exact) mass is 223 g/mol. The summed E-state index contributed by atoms with van der Waals surface area (Å²) in [7, 11) is 0. The van der Waals surface area contributed by atoms with E-state index in [9.17, 15) is 13.2 Å². The minimum atomic E-state index is -4.44. The van der Waals surface area contributed by atoms with Crippen molar-refractivity contribution < 1.29 is 13.2 Å². The standard InChI is InChI=1S/C9H9ClF3N/c1-5-2-3-6(10)4-7(5)8(14)9(11,12)13/h2-4,8H,14H2,1H3/t8-/m0/s1. The lowest BCUT2D eigenvalue weighted by Gasteiger charge is -2.18. The fourth-order valence-corrected chi connectivity index (χ4v) is 1.30. The van der Waals surface area contributed by atoms with E-state index < -0.39 is 12.2 Å². The fraction of sp³-hybridized carbons (Fsp3) is 0.333. The summed E-state index contributed by atoms with van der Waals surface area (Å²) in [5.74, 6) is 0. The Morgan fingerprint density at radius 3 is 2.43 bits per heavy atom. The third-order valence-corrected chi connectivity index (χ3v) is 2.16. The van der Waals surface area contributed by atoms with Crippen LogP contribution in [0, 0.1) is 6.92 Å². The molecule has 1 aromatic carbocycles. The maximum Gasteiger partial charge on any atom is 0.407 e. The van der Waals surface area contributed by atoms with E-state index in [1.54, 1.807) is 6.92 Å². The number of rotatable bonds is 1. The van der Waals surface area contributed by atoms with Crippen LogP contribution in [0.5, 0.6) is 0 Å². The summed E-state index contributed by atoms with van der Waals surface area (Å²) in [5.41, 5.74) is 5.56. The van der Waals surface area contributed by atoms with Crippen molar-refractivity contribution in [3.63, 3.8) is 0 Å². The van der Waals surface area contributed by atoms with Gasteiger partial charge in [0, 0.05) is 5.02 Å². The van der Waals surface area contributed by atoms with E-state index in [-0.39, 0.29) is 10.6 Å². The largest absolute Gasteiger partial charge is 0.407 e. The average molecular weight is 224 g/mol. The van der Waals surface area contributed by atoms with Crippen molar-refractivity contribution in [3.8, 4) is 0 Å². The molecule has 0 saturated heterocycles. The van der Waals surface area contributed by atoms with Gasteiger partial charge in [0.25, 0.3) is 0 Å². The van der Waals surface area contributed by atoms with Gasteiger partial charge in [0.2, 0.25) is 0 Å². The van der Waals surface area contributed by atoms with Crippen LogP contribution < -0.4 is 5.73 Å². The molecule has 2 N–H and O–H groups in total. The Labute approximate surface area is 84.7 Å². The Balaban J connectivity index is 3.12. The first-order valence-corrected chi connectivity index (χ1v) is 4.28. The molecule has 78 valence electrons. The zero-order chi connectivity index (χ0) is 10.9. The van der Waals surface area contributed by atoms with Crippen LogP contribution in [0.3, 0.4) is 0 Å². The van der Waals surface area contributed by atoms with Gasteiger partial charge in [-0.1, -0.05) is 17.7 Å². The van der Waals surface area contributed by atoms with Gasteiger partial charge < -0.3 is 5.73 Å². The summed E-state index contributed by atoms with van der Waals surface area (Å²) in [6.45, 7) is 1.57. The molecule has 1 atom stereocenters. The summed E-state index contributed by atoms with van der Waals surface area (Å²) < 4.78 is 36.8. The summed E-state index contributed by atoms with van der Waals surface area (Å²) >= 11 is 5.59. The molecule has 0 aromatic heterocycles. The lowest BCUT2D eigenvalue weighted by atomic mass is 10.0. The van der Waals surface area contributed by atoms with Crippen LogP contribution in [-0.2, 0) is 0 Å². The van der Waals surface area contributed by atoms with Gasteiger partial charge in [0.05, 0.1) is 0 Å². The van der Waals surface area contributed by atoms with Gasteiger partial charge >= 0.3 is 6.18 Å². The van der Waals surface area contributed by atoms with E-state index in [1.165, 1.54) is 18.2 Å². The smallest absolute Gasteiger partial charge is 0.316 e. The van der Waals surface area contributed by atoms with Gasteiger partial charge in [-0.2, -0.15) is 13.2 Å². The molecule has 0 fully saturated rings. The molecule has 1 aromatic rings. The molecule has 0 amide bonds. The Kier molecular flexibility index (Phi) is 3.07. The van der Waals surface area contributed by atoms with Crippen LogP contribution in [0.25, 0.3) is 0 Å². The van der Waals surface area contributed by atoms with Crippen LogP contribution in [-0.4, -0.2) is 6.18 Å². The molecule has 0 saturated carbocycles. The number of halogens is 4. The predicted octanol–water partition coefficient (Wildman–Crippen LogP) is 3.21. The number of nitrogens with two attached hydrogens (primary N) is 1. The van der Waals surface area contributed by atoms with Crippen molar-refractivity contribution in [2.75, 3.05) is 0 Å². The summed E-state index contributed by atoms with van der Waals surface area (Å²) in [6.07, 6.45) is -4.44. The molecule has 0 unspecified atom stereocenters. The van der Waals surface area contributed by atoms with E-state index in [4.69, 9.17) is 17.3 Å². The Morgan fingerprint density at radius 1 is 1.36 bits per heavy atom. The molecule has 1 nitrogen and oxygen atoms in total. The molecule has 14 heavy (non-hydrogen) atoms. The molecule has 0 heterocycles. The van der Waals surface area contributed by atoms with Crippen LogP contribution >= 0.6 is 11.6 Å². The third kappa shape index (κ3) is 2.39. The van der Waals surface area contributed by atoms with Crippen LogP contribution in [0.4, 0.5) is 13.2 Å². The maximum atomic E-state index is 12.3. The molecule has 0 aliphatic carbocycles. The molecule has 1 rings (SSSR count). The van der Waals surface area contributed by atoms with Gasteiger partial charge in [0.1, 0.15) is 6.04 Å². The number of hydrogen-bond donors (Lipinski definition) is 1. The first-order valence-electron chi connectivity index (χ1n) is 3.90. The van der Waals surface area contributed by atoms with Crippen molar-refractivity contribution in [2.24, 2.45) is 5.73 Å². The quantitative estimate of drug-likeness (QED) is 0.777. The Morgan fingerprint density at radius 2 is 1.93 bits per heavy atom. The first-order chi connectivity index (χ1) is 6.32. The van der Waals surface area contributed by atoms with Crippen LogP contribution in [0.15, 0.2) is 18.2 Å². The normalized spacial score (nSPS) is 14.1. The van der Waals surface area contributed by atoms with Gasteiger partial charge in [-0.3, -0.25) is 0 Å². The maximum absolute atomic E-state index is 12.3. The second kappa shape index (κ2) is 3.79. The van der Waals surface area contributed by atoms with Crippen molar-refractivity contribution in [2.45, 2.75) is 19.1 Å². The molecule has 0 radical (unpaired) electrons. The van der Waals surface area contributed by atoms with Crippen molar-refractivity contribution >= 4 is 11.6 Å². The molecule has 0 spiro atoms. The van der Waals surface area contributed by atoms with Crippen LogP contribution in [0.1, 0.15) is 17.2 Å². The van der Waals surface area contributed by atoms with Crippen molar-refractivity contribution in [3.05, 3.63) is 34.3 Å². The molecule has 0 aliphatic heterocycles. The van der Waals surface area contributed by atoms with E-state index >= 15 is 0 Å². The zero-order valence-corrected chi connectivity index (χ0v) is 8.15. The van der Waals surface area contributed by atoms with E-state index in [2.05, 4.69) is 0 Å². The number of benzene rings is 1. The van der Waals surface area contributed by atoms with Gasteiger partial charge in [0.15, 0.2) is 0 Å². The van der Waals surface area contributed by atoms with E-state index in [0.29, 0.717) is 5.56 Å². The highest BCUT2D eigenvalue weighted by Crippen LogP contribution is 2.33. The van der Waals surface area contributed by atoms with E-state index in [1.807, 2.05) is 0 Å². The topological polar surface area (TPSA) is 26.0 Å². The second-order valence-electron chi connectivity index (χ2n) is 3.02. The minimum Gasteiger partial charge on any atom is -0.316 e. The molecule has 0 bridgehead atoms. The highest BCUT2D eigenvalue weighted by Gasteiger charge is 2.38. The predicted molar refractivity (Wildman–Crippen MR) is 49.2 cm³/mol. The lowest BCUT2D eigenvalue weighted by Crippen LogP contribution is -2.29. The highest BCUT2D eigenvalue weighted by atomic mass is 35.5. The van der Waals surface area contributed by atoms with Crippen molar-refractivity contribution in [1.29, 1.82) is 0 Å². The Hall–Kier alpha value is -0.740. The molecule has 5 heteroatoms. The SMILES string of the molecule is Cc1ccc(Cl)cc1[C@H](N)C(F)(F)F. The summed E-state index contributed by atoms with van der Waals surface area (Å²) in [4.78, 5) is 0. The van der Waals surface area contributed by atoms with Crippen LogP contribution in [0.2, 0.25) is 5.02 Å². The highest BCUT2D eigenvalue weighted by molar-refractivity contribution is 6.30. The average Bonchev–Trinajstić information content (AvgIpc) is 2.06. The van der Waals surface area contributed by atoms with Gasteiger partial charge in [-0.05, 0) is 30.2 Å². The number of hydrogen-bond acceptors (Lipinski definition) is 1. The first kappa shape index (κ1) is 11.3. The number of alkyl halides is 3. The van der Waals surface area contributed by atoms with E-state index in [0.717, 1.165) is 0 Å². The zero-order valence-electron chi connectivity index (χ0n) is 7.40. The van der Waals surface area contributed by atoms with Crippen molar-refractivity contribution in [1.82, 2.24) is 0 Å². The lowest BCUT2D eigenvalue weighted by molar-refractivity contribution is -0.149. The van der Waals surface area contributed by atoms with Gasteiger partial charge in [-0.25, -0.2) is 0 Å². The number of aryl methyl sites for hydroxylation is 1. The molecule has 0 aliphatic rings. The Bertz CT molecular complexity index is 335. The summed E-state index contributed by atoms with van der Waals surface area (Å²) in [6, 6.07) is 2.32. The van der Waals surface area contributed by atoms with Gasteiger partial charge in [-0.15, -0.1) is 0 Å². The molecular weight excluding hydrogens is 215 g/mol. The molecular formula is C9H9ClF3N.